The van der Waals surface area contributed by atoms with Gasteiger partial charge in [-0.25, -0.2) is 22.8 Å². The number of urea groups is 1. The van der Waals surface area contributed by atoms with Crippen molar-refractivity contribution < 1.29 is 22.8 Å². The van der Waals surface area contributed by atoms with Gasteiger partial charge in [0, 0.05) is 28.4 Å². The van der Waals surface area contributed by atoms with Crippen LogP contribution in [0.5, 0.6) is 0 Å². The summed E-state index contributed by atoms with van der Waals surface area (Å²) in [6, 6.07) is 11.8. The van der Waals surface area contributed by atoms with E-state index in [1.807, 2.05) is 16.9 Å². The summed E-state index contributed by atoms with van der Waals surface area (Å²) in [5.41, 5.74) is 2.65. The van der Waals surface area contributed by atoms with Crippen LogP contribution in [0.4, 0.5) is 21.9 Å². The number of hydrogen-bond acceptors (Lipinski definition) is 8. The van der Waals surface area contributed by atoms with E-state index >= 15 is 0 Å². The van der Waals surface area contributed by atoms with Crippen molar-refractivity contribution in [1.29, 1.82) is 0 Å². The maximum atomic E-state index is 13.3. The molecule has 0 spiro atoms. The number of benzene rings is 2. The predicted molar refractivity (Wildman–Crippen MR) is 165 cm³/mol. The van der Waals surface area contributed by atoms with Gasteiger partial charge in [0.15, 0.2) is 0 Å². The summed E-state index contributed by atoms with van der Waals surface area (Å²) in [6.45, 7) is 5.90. The van der Waals surface area contributed by atoms with Crippen molar-refractivity contribution in [1.82, 2.24) is 9.62 Å². The number of rotatable bonds is 9. The Labute approximate surface area is 254 Å². The van der Waals surface area contributed by atoms with Crippen LogP contribution in [0.3, 0.4) is 0 Å². The zero-order valence-electron chi connectivity index (χ0n) is 23.1. The molecule has 13 heteroatoms. The quantitative estimate of drug-likeness (QED) is 0.218. The average molecular weight is 630 g/mol. The van der Waals surface area contributed by atoms with Gasteiger partial charge < -0.3 is 15.5 Å². The number of sulfonamides is 1. The van der Waals surface area contributed by atoms with Gasteiger partial charge in [0.05, 0.1) is 17.1 Å². The van der Waals surface area contributed by atoms with Crippen molar-refractivity contribution >= 4 is 67.9 Å². The first-order valence-electron chi connectivity index (χ1n) is 13.8. The first-order valence-corrected chi connectivity index (χ1v) is 16.4. The summed E-state index contributed by atoms with van der Waals surface area (Å²) in [7, 11) is -4.10. The van der Waals surface area contributed by atoms with Crippen molar-refractivity contribution in [3.8, 4) is 0 Å². The van der Waals surface area contributed by atoms with E-state index < -0.39 is 22.0 Å². The lowest BCUT2D eigenvalue weighted by Crippen LogP contribution is -2.42. The Morgan fingerprint density at radius 3 is 2.40 bits per heavy atom. The molecule has 1 aromatic heterocycles. The fraction of sp³-hybridized carbons (Fsp3) is 0.345. The number of likely N-dealkylation sites (tertiary alicyclic amines) is 1. The highest BCUT2D eigenvalue weighted by Crippen LogP contribution is 2.30. The van der Waals surface area contributed by atoms with Gasteiger partial charge in [0.25, 0.3) is 15.9 Å². The highest BCUT2D eigenvalue weighted by molar-refractivity contribution is 7.92. The van der Waals surface area contributed by atoms with Gasteiger partial charge in [-0.15, -0.1) is 11.3 Å². The molecule has 3 N–H and O–H groups in total. The molecule has 3 aromatic rings. The lowest BCUT2D eigenvalue weighted by atomic mass is 9.97. The Balaban J connectivity index is 1.18. The van der Waals surface area contributed by atoms with Crippen LogP contribution >= 0.6 is 22.9 Å². The molecule has 0 unspecified atom stereocenters. The van der Waals surface area contributed by atoms with E-state index in [2.05, 4.69) is 15.5 Å². The third-order valence-corrected chi connectivity index (χ3v) is 10.6. The number of hydrogen-bond donors (Lipinski definition) is 3. The van der Waals surface area contributed by atoms with E-state index in [1.54, 1.807) is 13.0 Å². The number of anilines is 3. The molecule has 3 heterocycles. The number of thiophene rings is 1. The van der Waals surface area contributed by atoms with Crippen LogP contribution in [0.15, 0.2) is 52.7 Å². The fourth-order valence-corrected chi connectivity index (χ4v) is 7.70. The minimum absolute atomic E-state index is 0.0753. The maximum Gasteiger partial charge on any atom is 0.333 e. The summed E-state index contributed by atoms with van der Waals surface area (Å²) in [4.78, 5) is 42.9. The largest absolute Gasteiger partial charge is 0.385 e. The Bertz CT molecular complexity index is 1580. The number of fused-ring (bicyclic) bond motifs is 1. The first kappa shape index (κ1) is 30.0. The second-order valence-electron chi connectivity index (χ2n) is 10.3. The van der Waals surface area contributed by atoms with E-state index in [1.165, 1.54) is 62.7 Å². The second-order valence-corrected chi connectivity index (χ2v) is 13.9. The molecule has 42 heavy (non-hydrogen) atoms. The van der Waals surface area contributed by atoms with Crippen molar-refractivity contribution in [3.05, 3.63) is 69.6 Å². The normalized spacial score (nSPS) is 15.8. The standard InChI is InChI=1S/C29H32ClN5O5S2/c1-19-25(30)18-27(41-19)42(39,40)33-29(38)32-21-6-9-23(10-7-21)35-26(36)17-20-16-22(8-11-24(20)28(35)37)31-12-5-15-34-13-3-2-4-14-34/h6-11,16,18,31H,2-5,12-15,17H2,1H3,(H2,32,33,38). The van der Waals surface area contributed by atoms with Gasteiger partial charge >= 0.3 is 6.03 Å². The number of nitrogens with one attached hydrogen (secondary N) is 3. The van der Waals surface area contributed by atoms with E-state index in [4.69, 9.17) is 11.6 Å². The molecule has 2 aliphatic heterocycles. The lowest BCUT2D eigenvalue weighted by Gasteiger charge is -2.27. The Morgan fingerprint density at radius 1 is 1.00 bits per heavy atom. The summed E-state index contributed by atoms with van der Waals surface area (Å²) in [6.07, 6.45) is 4.97. The van der Waals surface area contributed by atoms with Gasteiger partial charge in [-0.1, -0.05) is 18.0 Å². The monoisotopic (exact) mass is 629 g/mol. The molecule has 1 fully saturated rings. The molecule has 222 valence electrons. The maximum absolute atomic E-state index is 13.3. The van der Waals surface area contributed by atoms with Crippen LogP contribution in [-0.2, 0) is 21.2 Å². The van der Waals surface area contributed by atoms with E-state index in [0.29, 0.717) is 26.7 Å². The molecule has 0 bridgehead atoms. The van der Waals surface area contributed by atoms with Crippen molar-refractivity contribution in [2.24, 2.45) is 0 Å². The number of amides is 4. The lowest BCUT2D eigenvalue weighted by molar-refractivity contribution is -0.117. The molecule has 1 saturated heterocycles. The summed E-state index contributed by atoms with van der Waals surface area (Å²) in [5.74, 6) is -0.781. The zero-order valence-corrected chi connectivity index (χ0v) is 25.5. The molecule has 5 rings (SSSR count). The van der Waals surface area contributed by atoms with Gasteiger partial charge in [0.1, 0.15) is 4.21 Å². The van der Waals surface area contributed by atoms with E-state index in [0.717, 1.165) is 41.4 Å². The van der Waals surface area contributed by atoms with Gasteiger partial charge in [-0.2, -0.15) is 0 Å². The number of nitrogens with zero attached hydrogens (tertiary/aromatic N) is 2. The topological polar surface area (TPSA) is 128 Å². The number of aryl methyl sites for hydroxylation is 1. The number of carbonyl (C=O) groups excluding carboxylic acids is 3. The molecular formula is C29H32ClN5O5S2. The molecule has 0 saturated carbocycles. The highest BCUT2D eigenvalue weighted by atomic mass is 35.5. The smallest absolute Gasteiger partial charge is 0.333 e. The van der Waals surface area contributed by atoms with Crippen LogP contribution in [0.1, 0.15) is 46.5 Å². The number of piperidine rings is 1. The van der Waals surface area contributed by atoms with Crippen LogP contribution in [0.2, 0.25) is 5.02 Å². The average Bonchev–Trinajstić information content (AvgIpc) is 3.31. The Kier molecular flexibility index (Phi) is 9.16. The third kappa shape index (κ3) is 6.95. The molecule has 0 radical (unpaired) electrons. The summed E-state index contributed by atoms with van der Waals surface area (Å²) >= 11 is 6.90. The zero-order chi connectivity index (χ0) is 29.9. The fourth-order valence-electron chi connectivity index (χ4n) is 5.10. The molecule has 4 amide bonds. The predicted octanol–water partition coefficient (Wildman–Crippen LogP) is 5.24. The summed E-state index contributed by atoms with van der Waals surface area (Å²) < 4.78 is 26.8. The van der Waals surface area contributed by atoms with Crippen LogP contribution in [0, 0.1) is 6.92 Å². The van der Waals surface area contributed by atoms with Crippen LogP contribution in [0.25, 0.3) is 0 Å². The number of halogens is 1. The van der Waals surface area contributed by atoms with Gasteiger partial charge in [-0.3, -0.25) is 9.59 Å². The SMILES string of the molecule is Cc1sc(S(=O)(=O)NC(=O)Nc2ccc(N3C(=O)Cc4cc(NCCCN5CCCCC5)ccc4C3=O)cc2)cc1Cl. The molecule has 2 aromatic carbocycles. The molecule has 0 aliphatic carbocycles. The van der Waals surface area contributed by atoms with Crippen molar-refractivity contribution in [2.75, 3.05) is 41.7 Å². The van der Waals surface area contributed by atoms with Gasteiger partial charge in [0.2, 0.25) is 5.91 Å². The first-order chi connectivity index (χ1) is 20.1. The molecular weight excluding hydrogens is 598 g/mol. The third-order valence-electron chi connectivity index (χ3n) is 7.27. The number of carbonyl (C=O) groups is 3. The van der Waals surface area contributed by atoms with Crippen molar-refractivity contribution in [3.63, 3.8) is 0 Å². The summed E-state index contributed by atoms with van der Waals surface area (Å²) in [5, 5.41) is 6.16. The second kappa shape index (κ2) is 12.8. The molecule has 0 atom stereocenters. The highest BCUT2D eigenvalue weighted by Gasteiger charge is 2.32. The number of imide groups is 1. The minimum Gasteiger partial charge on any atom is -0.385 e. The van der Waals surface area contributed by atoms with Gasteiger partial charge in [-0.05, 0) is 99.9 Å². The molecule has 10 nitrogen and oxygen atoms in total. The Hall–Kier alpha value is -3.45. The van der Waals surface area contributed by atoms with Crippen molar-refractivity contribution in [2.45, 2.75) is 43.2 Å². The molecule has 2 aliphatic rings. The van der Waals surface area contributed by atoms with E-state index in [9.17, 15) is 22.8 Å². The van der Waals surface area contributed by atoms with Crippen LogP contribution < -0.4 is 20.3 Å². The minimum atomic E-state index is -4.10. The Morgan fingerprint density at radius 2 is 1.71 bits per heavy atom. The van der Waals surface area contributed by atoms with E-state index in [-0.39, 0.29) is 22.2 Å². The van der Waals surface area contributed by atoms with Crippen LogP contribution in [-0.4, -0.2) is 57.3 Å².